The lowest BCUT2D eigenvalue weighted by Crippen LogP contribution is -2.23. The smallest absolute Gasteiger partial charge is 0.266 e. The van der Waals surface area contributed by atoms with Crippen LogP contribution in [0.2, 0.25) is 0 Å². The van der Waals surface area contributed by atoms with Gasteiger partial charge in [-0.2, -0.15) is 5.10 Å². The van der Waals surface area contributed by atoms with Crippen LogP contribution in [0, 0.1) is 12.7 Å². The van der Waals surface area contributed by atoms with E-state index in [0.29, 0.717) is 5.69 Å². The lowest BCUT2D eigenvalue weighted by Gasteiger charge is -2.09. The molecular weight excluding hydrogens is 391 g/mol. The molecule has 0 spiro atoms. The Kier molecular flexibility index (Phi) is 4.71. The summed E-state index contributed by atoms with van der Waals surface area (Å²) >= 11 is 0. The third-order valence-corrected chi connectivity index (χ3v) is 4.60. The normalized spacial score (nSPS) is 10.9. The molecule has 1 amide bonds. The summed E-state index contributed by atoms with van der Waals surface area (Å²) in [6, 6.07) is 11.2. The van der Waals surface area contributed by atoms with Gasteiger partial charge in [-0.1, -0.05) is 12.1 Å². The molecule has 152 valence electrons. The largest absolute Gasteiger partial charge is 0.506 e. The number of pyridine rings is 1. The lowest BCUT2D eigenvalue weighted by atomic mass is 10.1. The minimum Gasteiger partial charge on any atom is -0.506 e. The number of nitrogens with zero attached hydrogens (tertiary/aromatic N) is 2. The van der Waals surface area contributed by atoms with E-state index in [1.807, 2.05) is 25.1 Å². The number of aromatic nitrogens is 3. The molecule has 2 heterocycles. The van der Waals surface area contributed by atoms with Crippen LogP contribution in [0.15, 0.2) is 53.5 Å². The predicted molar refractivity (Wildman–Crippen MR) is 109 cm³/mol. The first-order chi connectivity index (χ1) is 14.4. The minimum absolute atomic E-state index is 0.0127. The molecule has 30 heavy (non-hydrogen) atoms. The Hall–Kier alpha value is -4.14. The van der Waals surface area contributed by atoms with Crippen molar-refractivity contribution >= 4 is 22.6 Å². The fraction of sp³-hybridized carbons (Fsp3) is 0.0952. The molecule has 4 rings (SSSR count). The number of benzene rings is 2. The van der Waals surface area contributed by atoms with E-state index in [1.54, 1.807) is 6.07 Å². The minimum atomic E-state index is -0.886. The number of carbonyl (C=O) groups excluding carboxylic acids is 1. The Balaban J connectivity index is 1.74. The average Bonchev–Trinajstić information content (AvgIpc) is 3.12. The Morgan fingerprint density at radius 3 is 2.77 bits per heavy atom. The standard InChI is InChI=1S/C21H17FN4O4/c1-11-4-3-5-13(8-11)26-19-14(10-23-26)18(27)17(21(29)25-19)20(28)24-12-6-7-16(30-2)15(22)9-12/h3-10H,1-2H3,(H,24,28)(H2,25,27,29). The molecule has 0 radical (unpaired) electrons. The Morgan fingerprint density at radius 1 is 1.27 bits per heavy atom. The van der Waals surface area contributed by atoms with Gasteiger partial charge in [-0.15, -0.1) is 0 Å². The second-order valence-corrected chi connectivity index (χ2v) is 6.64. The summed E-state index contributed by atoms with van der Waals surface area (Å²) in [6.45, 7) is 1.92. The van der Waals surface area contributed by atoms with Crippen molar-refractivity contribution in [3.8, 4) is 17.2 Å². The maximum absolute atomic E-state index is 13.9. The van der Waals surface area contributed by atoms with Crippen LogP contribution in [-0.2, 0) is 0 Å². The van der Waals surface area contributed by atoms with Crippen molar-refractivity contribution in [1.29, 1.82) is 0 Å². The number of hydrogen-bond acceptors (Lipinski definition) is 5. The van der Waals surface area contributed by atoms with Crippen molar-refractivity contribution in [2.24, 2.45) is 0 Å². The van der Waals surface area contributed by atoms with Crippen LogP contribution in [0.25, 0.3) is 16.7 Å². The second kappa shape index (κ2) is 7.36. The van der Waals surface area contributed by atoms with Crippen LogP contribution in [-0.4, -0.2) is 32.9 Å². The zero-order valence-corrected chi connectivity index (χ0v) is 16.1. The number of methoxy groups -OCH3 is 1. The van der Waals surface area contributed by atoms with Crippen molar-refractivity contribution in [1.82, 2.24) is 14.8 Å². The molecule has 9 heteroatoms. The van der Waals surface area contributed by atoms with E-state index in [-0.39, 0.29) is 22.5 Å². The van der Waals surface area contributed by atoms with Crippen molar-refractivity contribution < 1.29 is 19.0 Å². The number of hydrogen-bond donors (Lipinski definition) is 3. The van der Waals surface area contributed by atoms with Gasteiger partial charge in [-0.25, -0.2) is 9.07 Å². The fourth-order valence-electron chi connectivity index (χ4n) is 3.16. The van der Waals surface area contributed by atoms with Gasteiger partial charge in [0.2, 0.25) is 0 Å². The van der Waals surface area contributed by atoms with Crippen LogP contribution in [0.1, 0.15) is 15.9 Å². The molecule has 0 saturated carbocycles. The molecule has 3 N–H and O–H groups in total. The number of aromatic hydroxyl groups is 1. The highest BCUT2D eigenvalue weighted by Gasteiger charge is 2.22. The molecule has 0 aliphatic heterocycles. The zero-order chi connectivity index (χ0) is 21.4. The SMILES string of the molecule is COc1ccc(NC(=O)c2c(O)c3cnn(-c4cccc(C)c4)c3[nH]c2=O)cc1F. The van der Waals surface area contributed by atoms with Gasteiger partial charge in [0, 0.05) is 11.8 Å². The van der Waals surface area contributed by atoms with Crippen LogP contribution in [0.3, 0.4) is 0 Å². The number of amides is 1. The molecule has 0 fully saturated rings. The number of aromatic amines is 1. The summed E-state index contributed by atoms with van der Waals surface area (Å²) in [5.41, 5.74) is 0.725. The molecule has 0 atom stereocenters. The van der Waals surface area contributed by atoms with Gasteiger partial charge in [-0.05, 0) is 36.8 Å². The highest BCUT2D eigenvalue weighted by atomic mass is 19.1. The zero-order valence-electron chi connectivity index (χ0n) is 16.1. The summed E-state index contributed by atoms with van der Waals surface area (Å²) < 4.78 is 20.2. The van der Waals surface area contributed by atoms with Gasteiger partial charge >= 0.3 is 0 Å². The van der Waals surface area contributed by atoms with Gasteiger partial charge in [-0.3, -0.25) is 9.59 Å². The molecule has 8 nitrogen and oxygen atoms in total. The summed E-state index contributed by atoms with van der Waals surface area (Å²) in [6.07, 6.45) is 1.35. The number of rotatable bonds is 4. The first-order valence-corrected chi connectivity index (χ1v) is 8.94. The number of nitrogens with one attached hydrogen (secondary N) is 2. The van der Waals surface area contributed by atoms with Crippen molar-refractivity contribution in [2.45, 2.75) is 6.92 Å². The van der Waals surface area contributed by atoms with Gasteiger partial charge in [0.05, 0.1) is 24.4 Å². The van der Waals surface area contributed by atoms with Crippen molar-refractivity contribution in [3.63, 3.8) is 0 Å². The van der Waals surface area contributed by atoms with E-state index in [1.165, 1.54) is 30.1 Å². The maximum Gasteiger partial charge on any atom is 0.266 e. The molecule has 0 aliphatic carbocycles. The highest BCUT2D eigenvalue weighted by Crippen LogP contribution is 2.27. The number of fused-ring (bicyclic) bond motifs is 1. The molecule has 0 aliphatic rings. The quantitative estimate of drug-likeness (QED) is 0.481. The number of H-pyrrole nitrogens is 1. The number of carbonyl (C=O) groups is 1. The van der Waals surface area contributed by atoms with Gasteiger partial charge in [0.1, 0.15) is 17.0 Å². The summed E-state index contributed by atoms with van der Waals surface area (Å²) in [5.74, 6) is -2.07. The maximum atomic E-state index is 13.9. The average molecular weight is 408 g/mol. The predicted octanol–water partition coefficient (Wildman–Crippen LogP) is 3.13. The van der Waals surface area contributed by atoms with E-state index in [0.717, 1.165) is 11.6 Å². The molecular formula is C21H17FN4O4. The molecule has 2 aromatic heterocycles. The Morgan fingerprint density at radius 2 is 2.07 bits per heavy atom. The molecule has 0 bridgehead atoms. The van der Waals surface area contributed by atoms with Crippen LogP contribution < -0.4 is 15.6 Å². The molecule has 0 unspecified atom stereocenters. The number of anilines is 1. The lowest BCUT2D eigenvalue weighted by molar-refractivity contribution is 0.102. The monoisotopic (exact) mass is 408 g/mol. The second-order valence-electron chi connectivity index (χ2n) is 6.64. The third-order valence-electron chi connectivity index (χ3n) is 4.60. The van der Waals surface area contributed by atoms with E-state index < -0.39 is 28.6 Å². The van der Waals surface area contributed by atoms with Crippen LogP contribution >= 0.6 is 0 Å². The van der Waals surface area contributed by atoms with Crippen LogP contribution in [0.4, 0.5) is 10.1 Å². The molecule has 0 saturated heterocycles. The van der Waals surface area contributed by atoms with Gasteiger partial charge < -0.3 is 20.1 Å². The molecule has 4 aromatic rings. The van der Waals surface area contributed by atoms with Gasteiger partial charge in [0.25, 0.3) is 11.5 Å². The van der Waals surface area contributed by atoms with E-state index >= 15 is 0 Å². The summed E-state index contributed by atoms with van der Waals surface area (Å²) in [4.78, 5) is 27.8. The Labute approximate surface area is 169 Å². The molecule has 2 aromatic carbocycles. The first-order valence-electron chi connectivity index (χ1n) is 8.94. The van der Waals surface area contributed by atoms with E-state index in [2.05, 4.69) is 15.4 Å². The topological polar surface area (TPSA) is 109 Å². The van der Waals surface area contributed by atoms with Crippen molar-refractivity contribution in [2.75, 3.05) is 12.4 Å². The number of halogens is 1. The summed E-state index contributed by atoms with van der Waals surface area (Å²) in [7, 11) is 1.32. The van der Waals surface area contributed by atoms with E-state index in [4.69, 9.17) is 4.74 Å². The third kappa shape index (κ3) is 3.26. The number of ether oxygens (including phenoxy) is 1. The number of aryl methyl sites for hydroxylation is 1. The first kappa shape index (κ1) is 19.2. The fourth-order valence-corrected chi connectivity index (χ4v) is 3.16. The summed E-state index contributed by atoms with van der Waals surface area (Å²) in [5, 5.41) is 17.4. The Bertz CT molecular complexity index is 1340. The van der Waals surface area contributed by atoms with Crippen LogP contribution in [0.5, 0.6) is 11.5 Å². The van der Waals surface area contributed by atoms with Gasteiger partial charge in [0.15, 0.2) is 11.6 Å². The van der Waals surface area contributed by atoms with E-state index in [9.17, 15) is 19.1 Å². The van der Waals surface area contributed by atoms with Crippen molar-refractivity contribution in [3.05, 3.63) is 76.0 Å². The highest BCUT2D eigenvalue weighted by molar-refractivity contribution is 6.08.